The van der Waals surface area contributed by atoms with Gasteiger partial charge in [-0.1, -0.05) is 6.42 Å². The second kappa shape index (κ2) is 5.71. The van der Waals surface area contributed by atoms with Crippen LogP contribution in [0.4, 0.5) is 14.5 Å². The molecule has 2 fully saturated rings. The van der Waals surface area contributed by atoms with Gasteiger partial charge in [0, 0.05) is 7.05 Å². The van der Waals surface area contributed by atoms with Crippen molar-refractivity contribution in [3.8, 4) is 5.88 Å². The van der Waals surface area contributed by atoms with Crippen LogP contribution in [0.2, 0.25) is 0 Å². The second-order valence-corrected chi connectivity index (χ2v) is 6.77. The van der Waals surface area contributed by atoms with Gasteiger partial charge in [0.15, 0.2) is 6.61 Å². The largest absolute Gasteiger partial charge is 0.480 e. The van der Waals surface area contributed by atoms with Gasteiger partial charge in [-0.3, -0.25) is 14.3 Å². The Morgan fingerprint density at radius 3 is 2.62 bits per heavy atom. The molecule has 0 atom stereocenters. The molecule has 2 saturated carbocycles. The van der Waals surface area contributed by atoms with Crippen LogP contribution in [0.3, 0.4) is 0 Å². The lowest BCUT2D eigenvalue weighted by molar-refractivity contribution is -0.178. The van der Waals surface area contributed by atoms with E-state index in [0.29, 0.717) is 12.8 Å². The molecule has 1 amide bonds. The summed E-state index contributed by atoms with van der Waals surface area (Å²) >= 11 is 0. The maximum atomic E-state index is 12.6. The third-order valence-electron chi connectivity index (χ3n) is 5.00. The summed E-state index contributed by atoms with van der Waals surface area (Å²) in [5, 5.41) is 15.9. The average Bonchev–Trinajstić information content (AvgIpc) is 2.73. The van der Waals surface area contributed by atoms with Gasteiger partial charge in [-0.15, -0.1) is 5.10 Å². The van der Waals surface area contributed by atoms with E-state index in [1.165, 1.54) is 10.9 Å². The van der Waals surface area contributed by atoms with E-state index in [2.05, 4.69) is 10.4 Å². The van der Waals surface area contributed by atoms with E-state index >= 15 is 0 Å². The maximum Gasteiger partial charge on any atom is 0.319 e. The monoisotopic (exact) mass is 343 g/mol. The highest BCUT2D eigenvalue weighted by molar-refractivity contribution is 6.09. The fourth-order valence-corrected chi connectivity index (χ4v) is 3.71. The number of carbonyl (C=O) groups is 2. The molecule has 2 aliphatic rings. The highest BCUT2D eigenvalue weighted by Crippen LogP contribution is 2.64. The first kappa shape index (κ1) is 16.7. The Morgan fingerprint density at radius 2 is 2.12 bits per heavy atom. The summed E-state index contributed by atoms with van der Waals surface area (Å²) in [6.45, 7) is -0.854. The topological polar surface area (TPSA) is 93.5 Å². The van der Waals surface area contributed by atoms with E-state index < -0.39 is 30.3 Å². The van der Waals surface area contributed by atoms with E-state index in [0.717, 1.165) is 19.3 Å². The molecule has 1 aromatic rings. The molecule has 0 unspecified atom stereocenters. The normalized spacial score (nSPS) is 20.3. The summed E-state index contributed by atoms with van der Waals surface area (Å²) < 4.78 is 30.8. The molecule has 0 aliphatic heterocycles. The number of aryl methyl sites for hydroxylation is 1. The van der Waals surface area contributed by atoms with Gasteiger partial charge < -0.3 is 15.2 Å². The molecular formula is C15H19F2N3O4. The molecule has 132 valence electrons. The van der Waals surface area contributed by atoms with Crippen molar-refractivity contribution in [1.82, 2.24) is 9.78 Å². The zero-order chi connectivity index (χ0) is 17.5. The number of rotatable bonds is 6. The molecule has 1 aromatic heterocycles. The minimum Gasteiger partial charge on any atom is -0.480 e. The number of carboxylic acid groups (broad SMARTS) is 1. The highest BCUT2D eigenvalue weighted by Gasteiger charge is 2.65. The Morgan fingerprint density at radius 1 is 1.46 bits per heavy atom. The Hall–Kier alpha value is -2.19. The SMILES string of the molecule is Cn1cc(NC(=O)C2(C(=O)O)CC3(CCC3)C2)c(OCC(F)F)n1. The fourth-order valence-electron chi connectivity index (χ4n) is 3.71. The number of carboxylic acids is 1. The van der Waals surface area contributed by atoms with Crippen LogP contribution in [0.1, 0.15) is 32.1 Å². The number of hydrogen-bond acceptors (Lipinski definition) is 4. The van der Waals surface area contributed by atoms with Crippen LogP contribution in [-0.4, -0.2) is 39.8 Å². The minimum absolute atomic E-state index is 0.0142. The standard InChI is InChI=1S/C15H19F2N3O4/c1-20-5-9(11(19-20)24-6-10(16)17)18-12(21)15(13(22)23)7-14(8-15)3-2-4-14/h5,10H,2-4,6-8H2,1H3,(H,18,21)(H,22,23). The second-order valence-electron chi connectivity index (χ2n) is 6.77. The summed E-state index contributed by atoms with van der Waals surface area (Å²) in [6.07, 6.45) is 2.31. The molecule has 9 heteroatoms. The molecule has 0 saturated heterocycles. The van der Waals surface area contributed by atoms with Crippen LogP contribution in [-0.2, 0) is 16.6 Å². The van der Waals surface area contributed by atoms with Gasteiger partial charge in [-0.2, -0.15) is 0 Å². The zero-order valence-electron chi connectivity index (χ0n) is 13.2. The number of carbonyl (C=O) groups excluding carboxylic acids is 1. The Labute approximate surface area is 137 Å². The number of hydrogen-bond donors (Lipinski definition) is 2. The molecule has 2 aliphatic carbocycles. The number of ether oxygens (including phenoxy) is 1. The van der Waals surface area contributed by atoms with Gasteiger partial charge in [-0.05, 0) is 31.1 Å². The smallest absolute Gasteiger partial charge is 0.319 e. The van der Waals surface area contributed by atoms with Gasteiger partial charge >= 0.3 is 5.97 Å². The molecule has 0 aromatic carbocycles. The minimum atomic E-state index is -2.67. The molecule has 1 spiro atoms. The average molecular weight is 343 g/mol. The first-order valence-corrected chi connectivity index (χ1v) is 7.76. The van der Waals surface area contributed by atoms with E-state index in [-0.39, 0.29) is 17.0 Å². The summed E-state index contributed by atoms with van der Waals surface area (Å²) in [7, 11) is 1.55. The van der Waals surface area contributed by atoms with Crippen molar-refractivity contribution in [2.45, 2.75) is 38.5 Å². The summed E-state index contributed by atoms with van der Waals surface area (Å²) in [4.78, 5) is 24.2. The number of anilines is 1. The van der Waals surface area contributed by atoms with E-state index in [4.69, 9.17) is 4.74 Å². The van der Waals surface area contributed by atoms with Crippen molar-refractivity contribution in [2.24, 2.45) is 17.9 Å². The van der Waals surface area contributed by atoms with Crippen LogP contribution < -0.4 is 10.1 Å². The van der Waals surface area contributed by atoms with E-state index in [1.807, 2.05) is 0 Å². The van der Waals surface area contributed by atoms with E-state index in [9.17, 15) is 23.5 Å². The van der Waals surface area contributed by atoms with Crippen LogP contribution in [0.25, 0.3) is 0 Å². The van der Waals surface area contributed by atoms with E-state index in [1.54, 1.807) is 7.05 Å². The molecule has 1 heterocycles. The number of aromatic nitrogens is 2. The number of nitrogens with zero attached hydrogens (tertiary/aromatic N) is 2. The third kappa shape index (κ3) is 2.71. The lowest BCUT2D eigenvalue weighted by Gasteiger charge is -2.57. The first-order chi connectivity index (χ1) is 11.3. The van der Waals surface area contributed by atoms with Crippen molar-refractivity contribution >= 4 is 17.6 Å². The lowest BCUT2D eigenvalue weighted by atomic mass is 9.45. The van der Waals surface area contributed by atoms with Gasteiger partial charge in [0.25, 0.3) is 12.3 Å². The van der Waals surface area contributed by atoms with Gasteiger partial charge in [-0.25, -0.2) is 8.78 Å². The molecule has 3 rings (SSSR count). The van der Waals surface area contributed by atoms with Crippen molar-refractivity contribution in [3.05, 3.63) is 6.20 Å². The lowest BCUT2D eigenvalue weighted by Crippen LogP contribution is -2.59. The molecule has 0 bridgehead atoms. The van der Waals surface area contributed by atoms with Crippen LogP contribution >= 0.6 is 0 Å². The van der Waals surface area contributed by atoms with Crippen molar-refractivity contribution in [1.29, 1.82) is 0 Å². The Bertz CT molecular complexity index is 662. The number of alkyl halides is 2. The van der Waals surface area contributed by atoms with Crippen LogP contribution in [0, 0.1) is 10.8 Å². The van der Waals surface area contributed by atoms with Crippen LogP contribution in [0.15, 0.2) is 6.20 Å². The molecule has 7 nitrogen and oxygen atoms in total. The van der Waals surface area contributed by atoms with Crippen molar-refractivity contribution in [2.75, 3.05) is 11.9 Å². The van der Waals surface area contributed by atoms with Crippen molar-refractivity contribution in [3.63, 3.8) is 0 Å². The quantitative estimate of drug-likeness (QED) is 0.771. The number of nitrogens with one attached hydrogen (secondary N) is 1. The number of aliphatic carboxylic acids is 1. The van der Waals surface area contributed by atoms with Gasteiger partial charge in [0.05, 0.1) is 6.20 Å². The zero-order valence-corrected chi connectivity index (χ0v) is 13.2. The molecule has 2 N–H and O–H groups in total. The molecular weight excluding hydrogens is 324 g/mol. The predicted molar refractivity (Wildman–Crippen MR) is 78.9 cm³/mol. The van der Waals surface area contributed by atoms with Gasteiger partial charge in [0.2, 0.25) is 5.91 Å². The van der Waals surface area contributed by atoms with Gasteiger partial charge in [0.1, 0.15) is 11.1 Å². The van der Waals surface area contributed by atoms with Crippen molar-refractivity contribution < 1.29 is 28.2 Å². The third-order valence-corrected chi connectivity index (χ3v) is 5.00. The summed E-state index contributed by atoms with van der Waals surface area (Å²) in [5.74, 6) is -1.96. The number of amides is 1. The predicted octanol–water partition coefficient (Wildman–Crippen LogP) is 2.04. The Kier molecular flexibility index (Phi) is 3.97. The highest BCUT2D eigenvalue weighted by atomic mass is 19.3. The van der Waals surface area contributed by atoms with Crippen LogP contribution in [0.5, 0.6) is 5.88 Å². The Balaban J connectivity index is 1.73. The number of halogens is 2. The maximum absolute atomic E-state index is 12.6. The summed E-state index contributed by atoms with van der Waals surface area (Å²) in [6, 6.07) is 0. The molecule has 0 radical (unpaired) electrons. The summed E-state index contributed by atoms with van der Waals surface area (Å²) in [5.41, 5.74) is -1.38. The first-order valence-electron chi connectivity index (χ1n) is 7.76. The fraction of sp³-hybridized carbons (Fsp3) is 0.667. The molecule has 24 heavy (non-hydrogen) atoms.